The zero-order valence-corrected chi connectivity index (χ0v) is 20.3. The number of benzene rings is 2. The van der Waals surface area contributed by atoms with Crippen LogP contribution >= 0.6 is 0 Å². The molecule has 8 heteroatoms. The second-order valence-corrected chi connectivity index (χ2v) is 10.1. The quantitative estimate of drug-likeness (QED) is 0.384. The molecule has 1 fully saturated rings. The van der Waals surface area contributed by atoms with Gasteiger partial charge in [0.1, 0.15) is 16.9 Å². The van der Waals surface area contributed by atoms with Gasteiger partial charge in [-0.05, 0) is 44.5 Å². The second kappa shape index (κ2) is 8.85. The van der Waals surface area contributed by atoms with E-state index in [1.54, 1.807) is 17.0 Å². The predicted molar refractivity (Wildman–Crippen MR) is 134 cm³/mol. The zero-order chi connectivity index (χ0) is 24.7. The van der Waals surface area contributed by atoms with Crippen molar-refractivity contribution in [3.8, 4) is 11.5 Å². The van der Waals surface area contributed by atoms with Crippen molar-refractivity contribution in [2.24, 2.45) is 0 Å². The van der Waals surface area contributed by atoms with Crippen molar-refractivity contribution < 1.29 is 24.2 Å². The first-order valence-electron chi connectivity index (χ1n) is 11.9. The Hall–Kier alpha value is -3.65. The summed E-state index contributed by atoms with van der Waals surface area (Å²) in [5.41, 5.74) is 2.66. The number of H-pyrrole nitrogens is 1. The molecule has 0 spiro atoms. The number of furan rings is 1. The van der Waals surface area contributed by atoms with Gasteiger partial charge >= 0.3 is 6.09 Å². The molecule has 4 aromatic rings. The molecule has 35 heavy (non-hydrogen) atoms. The highest BCUT2D eigenvalue weighted by atomic mass is 16.6. The Morgan fingerprint density at radius 1 is 1.06 bits per heavy atom. The number of amides is 1. The highest BCUT2D eigenvalue weighted by Gasteiger charge is 2.27. The number of phenolic OH excluding ortho intramolecular Hbond substituents is 1. The van der Waals surface area contributed by atoms with Gasteiger partial charge in [-0.3, -0.25) is 4.90 Å². The average Bonchev–Trinajstić information content (AvgIpc) is 3.36. The van der Waals surface area contributed by atoms with Gasteiger partial charge in [0, 0.05) is 56.2 Å². The minimum atomic E-state index is -0.526. The van der Waals surface area contributed by atoms with Crippen molar-refractivity contribution >= 4 is 28.0 Å². The minimum absolute atomic E-state index is 0.0984. The Balaban J connectivity index is 1.35. The lowest BCUT2D eigenvalue weighted by Crippen LogP contribution is -2.49. The highest BCUT2D eigenvalue weighted by molar-refractivity contribution is 5.90. The summed E-state index contributed by atoms with van der Waals surface area (Å²) in [5.74, 6) is 0.687. The fraction of sp³-hybridized carbons (Fsp3) is 0.370. The van der Waals surface area contributed by atoms with Crippen molar-refractivity contribution in [3.63, 3.8) is 0 Å². The third kappa shape index (κ3) is 4.66. The number of nitrogens with zero attached hydrogens (tertiary/aromatic N) is 2. The largest absolute Gasteiger partial charge is 0.507 e. The van der Waals surface area contributed by atoms with Crippen molar-refractivity contribution in [1.82, 2.24) is 14.8 Å². The topological polar surface area (TPSA) is 102 Å². The van der Waals surface area contributed by atoms with E-state index in [1.807, 2.05) is 51.2 Å². The molecular formula is C27H31N3O5. The van der Waals surface area contributed by atoms with E-state index in [2.05, 4.69) is 9.88 Å². The molecule has 2 aromatic carbocycles. The highest BCUT2D eigenvalue weighted by Crippen LogP contribution is 2.39. The fourth-order valence-corrected chi connectivity index (χ4v) is 4.60. The molecule has 1 aliphatic heterocycles. The molecule has 0 unspecified atom stereocenters. The summed E-state index contributed by atoms with van der Waals surface area (Å²) in [5, 5.41) is 23.2. The number of para-hydroxylation sites is 1. The summed E-state index contributed by atoms with van der Waals surface area (Å²) in [6, 6.07) is 11.3. The number of carbonyl (C=O) groups excluding carboxylic acids is 1. The molecule has 1 saturated heterocycles. The average molecular weight is 478 g/mol. The number of nitrogens with one attached hydrogen (secondary N) is 1. The van der Waals surface area contributed by atoms with Crippen LogP contribution in [-0.4, -0.2) is 62.9 Å². The lowest BCUT2D eigenvalue weighted by molar-refractivity contribution is 0.0138. The smallest absolute Gasteiger partial charge is 0.410 e. The molecule has 3 heterocycles. The number of ether oxygens (including phenoxy) is 1. The van der Waals surface area contributed by atoms with Crippen molar-refractivity contribution in [3.05, 3.63) is 59.5 Å². The van der Waals surface area contributed by atoms with Crippen LogP contribution in [0.25, 0.3) is 21.9 Å². The van der Waals surface area contributed by atoms with E-state index in [0.717, 1.165) is 16.5 Å². The first-order chi connectivity index (χ1) is 16.7. The maximum absolute atomic E-state index is 12.4. The number of carbonyl (C=O) groups is 1. The number of piperazine rings is 1. The molecule has 1 aliphatic rings. The van der Waals surface area contributed by atoms with Crippen LogP contribution in [-0.2, 0) is 17.7 Å². The number of rotatable bonds is 4. The zero-order valence-electron chi connectivity index (χ0n) is 20.3. The summed E-state index contributed by atoms with van der Waals surface area (Å²) in [4.78, 5) is 19.5. The van der Waals surface area contributed by atoms with Crippen LogP contribution in [0.2, 0.25) is 0 Å². The van der Waals surface area contributed by atoms with E-state index in [4.69, 9.17) is 9.15 Å². The van der Waals surface area contributed by atoms with Crippen LogP contribution < -0.4 is 0 Å². The lowest BCUT2D eigenvalue weighted by atomic mass is 10.1. The van der Waals surface area contributed by atoms with Gasteiger partial charge in [-0.1, -0.05) is 18.2 Å². The van der Waals surface area contributed by atoms with Gasteiger partial charge in [0.05, 0.1) is 10.9 Å². The number of aromatic amines is 1. The molecule has 5 rings (SSSR count). The molecule has 0 saturated carbocycles. The monoisotopic (exact) mass is 477 g/mol. The summed E-state index contributed by atoms with van der Waals surface area (Å²) < 4.78 is 11.6. The number of fused-ring (bicyclic) bond motifs is 2. The van der Waals surface area contributed by atoms with Gasteiger partial charge < -0.3 is 29.3 Å². The van der Waals surface area contributed by atoms with Gasteiger partial charge in [-0.25, -0.2) is 4.79 Å². The van der Waals surface area contributed by atoms with Crippen LogP contribution in [0.1, 0.15) is 37.7 Å². The Morgan fingerprint density at radius 2 is 1.80 bits per heavy atom. The Morgan fingerprint density at radius 3 is 2.54 bits per heavy atom. The van der Waals surface area contributed by atoms with E-state index < -0.39 is 5.60 Å². The molecule has 3 N–H and O–H groups in total. The molecule has 0 atom stereocenters. The van der Waals surface area contributed by atoms with Crippen LogP contribution in [0.15, 0.2) is 47.0 Å². The summed E-state index contributed by atoms with van der Waals surface area (Å²) in [7, 11) is 0. The Kier molecular flexibility index (Phi) is 5.84. The number of aromatic nitrogens is 1. The third-order valence-electron chi connectivity index (χ3n) is 6.41. The van der Waals surface area contributed by atoms with Gasteiger partial charge in [0.15, 0.2) is 11.5 Å². The summed E-state index contributed by atoms with van der Waals surface area (Å²) in [6.45, 7) is 8.39. The van der Waals surface area contributed by atoms with E-state index in [9.17, 15) is 15.0 Å². The third-order valence-corrected chi connectivity index (χ3v) is 6.41. The number of hydrogen-bond acceptors (Lipinski definition) is 6. The Labute approximate surface area is 203 Å². The molecule has 0 radical (unpaired) electrons. The normalized spacial score (nSPS) is 15.2. The van der Waals surface area contributed by atoms with E-state index >= 15 is 0 Å². The van der Waals surface area contributed by atoms with Crippen LogP contribution in [0.5, 0.6) is 11.5 Å². The van der Waals surface area contributed by atoms with E-state index in [1.165, 1.54) is 0 Å². The standard InChI is InChI=1S/C27H31N3O5/c1-27(2,3)35-26(33)30-12-10-29(11-13-30)16-20-22(31)9-8-19-24(32)23(34-25(19)20)14-17-15-28-21-7-5-4-6-18(17)21/h4-9,15,28,31-32H,10-14,16H2,1-3H3. The number of aromatic hydroxyl groups is 2. The maximum atomic E-state index is 12.4. The SMILES string of the molecule is CC(C)(C)OC(=O)N1CCN(Cc2c(O)ccc3c(O)c(Cc4c[nH]c5ccccc45)oc23)CC1. The molecule has 1 amide bonds. The summed E-state index contributed by atoms with van der Waals surface area (Å²) >= 11 is 0. The predicted octanol–water partition coefficient (Wildman–Crippen LogP) is 4.97. The second-order valence-electron chi connectivity index (χ2n) is 10.1. The molecule has 0 bridgehead atoms. The first kappa shape index (κ1) is 23.1. The van der Waals surface area contributed by atoms with Gasteiger partial charge in [-0.15, -0.1) is 0 Å². The maximum Gasteiger partial charge on any atom is 0.410 e. The van der Waals surface area contributed by atoms with Crippen LogP contribution in [0.4, 0.5) is 4.79 Å². The van der Waals surface area contributed by atoms with Crippen LogP contribution in [0.3, 0.4) is 0 Å². The van der Waals surface area contributed by atoms with Gasteiger partial charge in [0.2, 0.25) is 0 Å². The lowest BCUT2D eigenvalue weighted by Gasteiger charge is -2.35. The van der Waals surface area contributed by atoms with Gasteiger partial charge in [-0.2, -0.15) is 0 Å². The number of hydrogen-bond donors (Lipinski definition) is 3. The van der Waals surface area contributed by atoms with Gasteiger partial charge in [0.25, 0.3) is 0 Å². The van der Waals surface area contributed by atoms with E-state index in [0.29, 0.717) is 61.4 Å². The molecule has 0 aliphatic carbocycles. The van der Waals surface area contributed by atoms with Crippen molar-refractivity contribution in [2.75, 3.05) is 26.2 Å². The molecule has 8 nitrogen and oxygen atoms in total. The molecule has 2 aromatic heterocycles. The van der Waals surface area contributed by atoms with Crippen molar-refractivity contribution in [1.29, 1.82) is 0 Å². The Bertz CT molecular complexity index is 1370. The van der Waals surface area contributed by atoms with Crippen LogP contribution in [0, 0.1) is 0 Å². The fourth-order valence-electron chi connectivity index (χ4n) is 4.60. The van der Waals surface area contributed by atoms with Crippen molar-refractivity contribution in [2.45, 2.75) is 39.3 Å². The summed E-state index contributed by atoms with van der Waals surface area (Å²) in [6.07, 6.45) is 2.05. The first-order valence-corrected chi connectivity index (χ1v) is 11.9. The van der Waals surface area contributed by atoms with E-state index in [-0.39, 0.29) is 17.6 Å². The number of phenols is 1. The molecule has 184 valence electrons. The minimum Gasteiger partial charge on any atom is -0.507 e. The molecular weight excluding hydrogens is 446 g/mol.